The maximum absolute atomic E-state index is 12.2. The molecule has 0 aliphatic carbocycles. The van der Waals surface area contributed by atoms with Gasteiger partial charge in [-0.05, 0) is 19.1 Å². The fourth-order valence-corrected chi connectivity index (χ4v) is 2.27. The van der Waals surface area contributed by atoms with Crippen LogP contribution in [0.3, 0.4) is 0 Å². The Morgan fingerprint density at radius 3 is 2.64 bits per heavy atom. The van der Waals surface area contributed by atoms with E-state index in [1.807, 2.05) is 32.0 Å². The molecule has 0 N–H and O–H groups in total. The van der Waals surface area contributed by atoms with Gasteiger partial charge < -0.3 is 9.30 Å². The minimum Gasteiger partial charge on any atom is -0.481 e. The Morgan fingerprint density at radius 1 is 1.32 bits per heavy atom. The van der Waals surface area contributed by atoms with Crippen molar-refractivity contribution in [3.63, 3.8) is 0 Å². The van der Waals surface area contributed by atoms with Crippen LogP contribution in [0.15, 0.2) is 29.1 Å². The molecule has 1 aromatic carbocycles. The van der Waals surface area contributed by atoms with Gasteiger partial charge in [0.1, 0.15) is 12.4 Å². The molecule has 0 unspecified atom stereocenters. The summed E-state index contributed by atoms with van der Waals surface area (Å²) in [6.45, 7) is 6.60. The molecule has 2 aromatic rings. The maximum Gasteiger partial charge on any atom is 0.197 e. The van der Waals surface area contributed by atoms with Crippen LogP contribution in [0.2, 0.25) is 0 Å². The van der Waals surface area contributed by atoms with E-state index in [1.165, 1.54) is 0 Å². The summed E-state index contributed by atoms with van der Waals surface area (Å²) in [5, 5.41) is 0. The number of hydrogen-bond donors (Lipinski definition) is 0. The van der Waals surface area contributed by atoms with Crippen LogP contribution in [0.5, 0.6) is 5.75 Å². The Labute approximate surface area is 156 Å². The Bertz CT molecular complexity index is 757. The number of ether oxygens (including phenoxy) is 1. The average molecular weight is 369 g/mol. The third kappa shape index (κ3) is 3.88. The van der Waals surface area contributed by atoms with Gasteiger partial charge in [0.15, 0.2) is 5.56 Å². The van der Waals surface area contributed by atoms with Gasteiger partial charge in [-0.2, -0.15) is 12.1 Å². The first-order chi connectivity index (χ1) is 10.1. The Hall–Kier alpha value is -1.37. The number of aromatic nitrogens is 1. The molecule has 0 amide bonds. The zero-order chi connectivity index (χ0) is 15.4. The second-order valence-electron chi connectivity index (χ2n) is 4.84. The van der Waals surface area contributed by atoms with Crippen molar-refractivity contribution in [2.45, 2.75) is 27.3 Å². The van der Waals surface area contributed by atoms with Gasteiger partial charge in [0.25, 0.3) is 0 Å². The SMILES string of the molecule is C#CCOc1ccc(-c2[c-]cc(C)c(=O)n2CC)c(C)c1.[Y]. The molecule has 1 radical (unpaired) electrons. The van der Waals surface area contributed by atoms with Gasteiger partial charge in [0.2, 0.25) is 0 Å². The monoisotopic (exact) mass is 369 g/mol. The minimum absolute atomic E-state index is 0. The molecule has 0 bridgehead atoms. The fraction of sp³-hybridized carbons (Fsp3) is 0.278. The first kappa shape index (κ1) is 18.7. The van der Waals surface area contributed by atoms with Crippen LogP contribution in [0.25, 0.3) is 11.3 Å². The van der Waals surface area contributed by atoms with Crippen molar-refractivity contribution in [1.29, 1.82) is 0 Å². The second-order valence-corrected chi connectivity index (χ2v) is 4.84. The molecule has 0 spiro atoms. The van der Waals surface area contributed by atoms with E-state index in [0.717, 1.165) is 22.6 Å². The number of terminal acetylenes is 1. The molecule has 111 valence electrons. The van der Waals surface area contributed by atoms with Gasteiger partial charge in [-0.3, -0.25) is 4.79 Å². The van der Waals surface area contributed by atoms with Gasteiger partial charge in [-0.25, -0.2) is 0 Å². The summed E-state index contributed by atoms with van der Waals surface area (Å²) in [4.78, 5) is 12.2. The van der Waals surface area contributed by atoms with E-state index in [2.05, 4.69) is 12.0 Å². The molecule has 3 nitrogen and oxygen atoms in total. The van der Waals surface area contributed by atoms with Crippen LogP contribution < -0.4 is 10.3 Å². The first-order valence-corrected chi connectivity index (χ1v) is 6.88. The van der Waals surface area contributed by atoms with Crippen molar-refractivity contribution >= 4 is 0 Å². The summed E-state index contributed by atoms with van der Waals surface area (Å²) >= 11 is 0. The van der Waals surface area contributed by atoms with Crippen molar-refractivity contribution in [2.24, 2.45) is 0 Å². The Balaban J connectivity index is 0.00000242. The van der Waals surface area contributed by atoms with E-state index in [0.29, 0.717) is 12.1 Å². The van der Waals surface area contributed by atoms with Crippen LogP contribution >= 0.6 is 0 Å². The predicted octanol–water partition coefficient (Wildman–Crippen LogP) is 2.96. The van der Waals surface area contributed by atoms with Crippen LogP contribution in [-0.2, 0) is 39.3 Å². The largest absolute Gasteiger partial charge is 0.481 e. The number of benzene rings is 1. The summed E-state index contributed by atoms with van der Waals surface area (Å²) in [7, 11) is 0. The van der Waals surface area contributed by atoms with Crippen molar-refractivity contribution in [3.8, 4) is 29.4 Å². The van der Waals surface area contributed by atoms with E-state index >= 15 is 0 Å². The molecule has 1 aromatic heterocycles. The molecule has 0 atom stereocenters. The minimum atomic E-state index is 0. The summed E-state index contributed by atoms with van der Waals surface area (Å²) in [6.07, 6.45) is 5.19. The van der Waals surface area contributed by atoms with E-state index < -0.39 is 0 Å². The smallest absolute Gasteiger partial charge is 0.197 e. The van der Waals surface area contributed by atoms with Crippen molar-refractivity contribution < 1.29 is 37.4 Å². The molecular weight excluding hydrogens is 351 g/mol. The zero-order valence-corrected chi connectivity index (χ0v) is 16.0. The van der Waals surface area contributed by atoms with Crippen LogP contribution in [0.4, 0.5) is 0 Å². The number of aryl methyl sites for hydroxylation is 2. The molecule has 4 heteroatoms. The van der Waals surface area contributed by atoms with E-state index in [-0.39, 0.29) is 44.9 Å². The third-order valence-corrected chi connectivity index (χ3v) is 3.37. The topological polar surface area (TPSA) is 31.2 Å². The quantitative estimate of drug-likeness (QED) is 0.613. The van der Waals surface area contributed by atoms with E-state index in [1.54, 1.807) is 17.6 Å². The number of hydrogen-bond acceptors (Lipinski definition) is 2. The summed E-state index contributed by atoms with van der Waals surface area (Å²) < 4.78 is 7.15. The number of nitrogens with zero attached hydrogens (tertiary/aromatic N) is 1. The van der Waals surface area contributed by atoms with Crippen LogP contribution in [0, 0.1) is 32.3 Å². The Kier molecular flexibility index (Phi) is 7.06. The summed E-state index contributed by atoms with van der Waals surface area (Å²) in [5.74, 6) is 3.17. The predicted molar refractivity (Wildman–Crippen MR) is 84.5 cm³/mol. The third-order valence-electron chi connectivity index (χ3n) is 3.37. The van der Waals surface area contributed by atoms with Crippen LogP contribution in [-0.4, -0.2) is 11.2 Å². The first-order valence-electron chi connectivity index (χ1n) is 6.88. The normalized spacial score (nSPS) is 9.73. The molecule has 0 saturated heterocycles. The second kappa shape index (κ2) is 8.31. The Morgan fingerprint density at radius 2 is 2.05 bits per heavy atom. The van der Waals surface area contributed by atoms with Gasteiger partial charge in [0.05, 0.1) is 0 Å². The summed E-state index contributed by atoms with van der Waals surface area (Å²) in [6, 6.07) is 10.7. The van der Waals surface area contributed by atoms with Gasteiger partial charge >= 0.3 is 0 Å². The van der Waals surface area contributed by atoms with Crippen molar-refractivity contribution in [1.82, 2.24) is 4.57 Å². The molecule has 0 aliphatic heterocycles. The fourth-order valence-electron chi connectivity index (χ4n) is 2.27. The molecule has 1 heterocycles. The van der Waals surface area contributed by atoms with Gasteiger partial charge in [-0.1, -0.05) is 42.2 Å². The average Bonchev–Trinajstić information content (AvgIpc) is 2.48. The zero-order valence-electron chi connectivity index (χ0n) is 13.1. The molecule has 22 heavy (non-hydrogen) atoms. The van der Waals surface area contributed by atoms with E-state index in [4.69, 9.17) is 11.2 Å². The van der Waals surface area contributed by atoms with Crippen molar-refractivity contribution in [3.05, 3.63) is 51.8 Å². The van der Waals surface area contributed by atoms with Crippen LogP contribution in [0.1, 0.15) is 18.1 Å². The van der Waals surface area contributed by atoms with Crippen molar-refractivity contribution in [2.75, 3.05) is 6.61 Å². The molecule has 0 aliphatic rings. The molecule has 2 rings (SSSR count). The molecular formula is C18H18NO2Y-. The number of pyridine rings is 1. The number of rotatable bonds is 4. The standard InChI is InChI=1S/C18H18NO2.Y/c1-5-11-21-15-8-9-16(14(4)12-15)17-10-7-13(3)18(20)19(17)6-2;/h1,7-9,12H,6,11H2,2-4H3;/q-1;. The maximum atomic E-state index is 12.2. The summed E-state index contributed by atoms with van der Waals surface area (Å²) in [5.41, 5.74) is 3.52. The van der Waals surface area contributed by atoms with E-state index in [9.17, 15) is 4.79 Å². The molecule has 0 saturated carbocycles. The van der Waals surface area contributed by atoms with Gasteiger partial charge in [0, 0.05) is 39.3 Å². The van der Waals surface area contributed by atoms with Gasteiger partial charge in [-0.15, -0.1) is 12.5 Å². The molecule has 0 fully saturated rings.